The number of hydrogen-bond acceptors (Lipinski definition) is 3. The number of phenolic OH excluding ortho intramolecular Hbond substituents is 1. The van der Waals surface area contributed by atoms with Crippen LogP contribution in [0.3, 0.4) is 0 Å². The molecule has 0 amide bonds. The Balaban J connectivity index is 2.59. The number of aromatic nitrogens is 1. The molecule has 0 atom stereocenters. The van der Waals surface area contributed by atoms with E-state index >= 15 is 0 Å². The van der Waals surface area contributed by atoms with E-state index in [-0.39, 0.29) is 27.8 Å². The summed E-state index contributed by atoms with van der Waals surface area (Å²) in [7, 11) is 1.48. The Morgan fingerprint density at radius 1 is 0.900 bits per heavy atom. The van der Waals surface area contributed by atoms with Crippen LogP contribution in [0.4, 0.5) is 0 Å². The molecule has 0 fully saturated rings. The lowest BCUT2D eigenvalue weighted by molar-refractivity contribution is 0.0686. The minimum absolute atomic E-state index is 0.0656. The number of aromatic hydroxyl groups is 1. The summed E-state index contributed by atoms with van der Waals surface area (Å²) >= 11 is 0. The third-order valence-electron chi connectivity index (χ3n) is 5.52. The molecule has 3 rings (SSSR count). The molecule has 1 heterocycles. The molecule has 0 saturated carbocycles. The molecule has 3 aromatic rings. The largest absolute Gasteiger partial charge is 0.507 e. The number of carbonyl (C=O) groups is 1. The summed E-state index contributed by atoms with van der Waals surface area (Å²) in [6.07, 6.45) is 0. The standard InChI is InChI=1S/C25H29NO4/c1-24(2,3)17-12-14(13-18(21(17)27)25(4,5)6)19-15-10-8-9-11-16(15)22(28)26(7)20(19)23(29)30/h8-13,27H,1-7H3,(H,29,30). The van der Waals surface area contributed by atoms with E-state index in [9.17, 15) is 19.8 Å². The van der Waals surface area contributed by atoms with Crippen molar-refractivity contribution in [2.45, 2.75) is 52.4 Å². The van der Waals surface area contributed by atoms with Crippen molar-refractivity contribution in [3.63, 3.8) is 0 Å². The second kappa shape index (κ2) is 7.01. The molecular formula is C25H29NO4. The first-order valence-electron chi connectivity index (χ1n) is 9.98. The topological polar surface area (TPSA) is 79.5 Å². The van der Waals surface area contributed by atoms with Crippen LogP contribution in [0.2, 0.25) is 0 Å². The van der Waals surface area contributed by atoms with Gasteiger partial charge in [0.05, 0.1) is 0 Å². The van der Waals surface area contributed by atoms with Gasteiger partial charge in [-0.15, -0.1) is 0 Å². The van der Waals surface area contributed by atoms with Crippen LogP contribution in [-0.2, 0) is 17.9 Å². The van der Waals surface area contributed by atoms with Crippen molar-refractivity contribution in [1.82, 2.24) is 4.57 Å². The summed E-state index contributed by atoms with van der Waals surface area (Å²) in [4.78, 5) is 25.0. The van der Waals surface area contributed by atoms with Crippen molar-refractivity contribution in [3.05, 3.63) is 63.6 Å². The summed E-state index contributed by atoms with van der Waals surface area (Å²) in [6, 6.07) is 10.8. The lowest BCUT2D eigenvalue weighted by Gasteiger charge is -2.29. The summed E-state index contributed by atoms with van der Waals surface area (Å²) in [5, 5.41) is 22.1. The van der Waals surface area contributed by atoms with Gasteiger partial charge in [-0.05, 0) is 40.0 Å². The van der Waals surface area contributed by atoms with E-state index in [1.54, 1.807) is 24.3 Å². The lowest BCUT2D eigenvalue weighted by atomic mass is 9.77. The Morgan fingerprint density at radius 3 is 1.80 bits per heavy atom. The number of rotatable bonds is 2. The van der Waals surface area contributed by atoms with Gasteiger partial charge >= 0.3 is 5.97 Å². The van der Waals surface area contributed by atoms with E-state index in [0.717, 1.165) is 11.1 Å². The second-order valence-corrected chi connectivity index (χ2v) is 9.86. The van der Waals surface area contributed by atoms with Gasteiger partial charge in [-0.3, -0.25) is 4.79 Å². The molecule has 0 spiro atoms. The van der Waals surface area contributed by atoms with E-state index in [1.807, 2.05) is 53.7 Å². The van der Waals surface area contributed by atoms with E-state index < -0.39 is 5.97 Å². The third kappa shape index (κ3) is 3.49. The number of aromatic carboxylic acids is 1. The Kier molecular flexibility index (Phi) is 5.05. The number of phenols is 1. The van der Waals surface area contributed by atoms with Crippen LogP contribution in [0.1, 0.15) is 63.2 Å². The van der Waals surface area contributed by atoms with Crippen molar-refractivity contribution in [2.24, 2.45) is 7.05 Å². The normalized spacial score (nSPS) is 12.4. The zero-order valence-corrected chi connectivity index (χ0v) is 18.6. The van der Waals surface area contributed by atoms with Gasteiger partial charge in [-0.1, -0.05) is 59.7 Å². The first-order valence-corrected chi connectivity index (χ1v) is 9.98. The molecular weight excluding hydrogens is 378 g/mol. The highest BCUT2D eigenvalue weighted by Crippen LogP contribution is 2.43. The number of nitrogens with zero attached hydrogens (tertiary/aromatic N) is 1. The quantitative estimate of drug-likeness (QED) is 0.612. The van der Waals surface area contributed by atoms with Gasteiger partial charge in [0.2, 0.25) is 0 Å². The van der Waals surface area contributed by atoms with Gasteiger partial charge in [-0.2, -0.15) is 0 Å². The number of benzene rings is 2. The molecule has 0 aliphatic heterocycles. The van der Waals surface area contributed by atoms with Gasteiger partial charge in [0.25, 0.3) is 5.56 Å². The van der Waals surface area contributed by atoms with E-state index in [4.69, 9.17) is 0 Å². The Bertz CT molecular complexity index is 1190. The van der Waals surface area contributed by atoms with Crippen molar-refractivity contribution in [1.29, 1.82) is 0 Å². The number of fused-ring (bicyclic) bond motifs is 1. The van der Waals surface area contributed by atoms with Crippen LogP contribution in [-0.4, -0.2) is 20.7 Å². The maximum absolute atomic E-state index is 12.8. The van der Waals surface area contributed by atoms with Crippen LogP contribution < -0.4 is 5.56 Å². The average molecular weight is 408 g/mol. The summed E-state index contributed by atoms with van der Waals surface area (Å²) < 4.78 is 1.19. The smallest absolute Gasteiger partial charge is 0.353 e. The molecule has 30 heavy (non-hydrogen) atoms. The molecule has 2 aromatic carbocycles. The minimum Gasteiger partial charge on any atom is -0.507 e. The van der Waals surface area contributed by atoms with Crippen molar-refractivity contribution in [2.75, 3.05) is 0 Å². The third-order valence-corrected chi connectivity index (χ3v) is 5.52. The molecule has 5 nitrogen and oxygen atoms in total. The fourth-order valence-corrected chi connectivity index (χ4v) is 3.93. The molecule has 0 aliphatic carbocycles. The molecule has 0 radical (unpaired) electrons. The van der Waals surface area contributed by atoms with Crippen molar-refractivity contribution < 1.29 is 15.0 Å². The minimum atomic E-state index is -1.17. The summed E-state index contributed by atoms with van der Waals surface area (Å²) in [5.74, 6) is -0.942. The number of carboxylic acids is 1. The highest BCUT2D eigenvalue weighted by molar-refractivity contribution is 6.06. The Morgan fingerprint density at radius 2 is 1.37 bits per heavy atom. The summed E-state index contributed by atoms with van der Waals surface area (Å²) in [6.45, 7) is 12.1. The van der Waals surface area contributed by atoms with Crippen LogP contribution in [0.25, 0.3) is 21.9 Å². The molecule has 5 heteroatoms. The first kappa shape index (κ1) is 21.6. The monoisotopic (exact) mass is 407 g/mol. The zero-order chi connectivity index (χ0) is 22.6. The van der Waals surface area contributed by atoms with E-state index in [1.165, 1.54) is 11.6 Å². The highest BCUT2D eigenvalue weighted by Gasteiger charge is 2.29. The molecule has 2 N–H and O–H groups in total. The van der Waals surface area contributed by atoms with Gasteiger partial charge in [0.15, 0.2) is 0 Å². The molecule has 0 bridgehead atoms. The maximum Gasteiger partial charge on any atom is 0.353 e. The second-order valence-electron chi connectivity index (χ2n) is 9.86. The Labute approximate surface area is 176 Å². The molecule has 0 unspecified atom stereocenters. The maximum atomic E-state index is 12.8. The van der Waals surface area contributed by atoms with Gasteiger partial charge in [0, 0.05) is 29.1 Å². The number of hydrogen-bond donors (Lipinski definition) is 2. The molecule has 0 aliphatic rings. The first-order chi connectivity index (χ1) is 13.7. The number of pyridine rings is 1. The van der Waals surface area contributed by atoms with Gasteiger partial charge in [-0.25, -0.2) is 4.79 Å². The van der Waals surface area contributed by atoms with E-state index in [2.05, 4.69) is 0 Å². The Hall–Kier alpha value is -3.08. The molecule has 0 saturated heterocycles. The van der Waals surface area contributed by atoms with Crippen molar-refractivity contribution in [3.8, 4) is 16.9 Å². The lowest BCUT2D eigenvalue weighted by Crippen LogP contribution is -2.25. The van der Waals surface area contributed by atoms with Gasteiger partial charge < -0.3 is 14.8 Å². The SMILES string of the molecule is Cn1c(C(=O)O)c(-c2cc(C(C)(C)C)c(O)c(C(C)(C)C)c2)c2ccccc2c1=O. The van der Waals surface area contributed by atoms with Gasteiger partial charge in [0.1, 0.15) is 11.4 Å². The molecule has 158 valence electrons. The predicted molar refractivity (Wildman–Crippen MR) is 121 cm³/mol. The average Bonchev–Trinajstić information content (AvgIpc) is 2.62. The van der Waals surface area contributed by atoms with Crippen molar-refractivity contribution >= 4 is 16.7 Å². The highest BCUT2D eigenvalue weighted by atomic mass is 16.4. The fourth-order valence-electron chi connectivity index (χ4n) is 3.93. The predicted octanol–water partition coefficient (Wildman–Crippen LogP) is 5.20. The van der Waals surface area contributed by atoms with Crippen LogP contribution >= 0.6 is 0 Å². The summed E-state index contributed by atoms with van der Waals surface area (Å²) in [5.41, 5.74) is 1.49. The number of carboxylic acid groups (broad SMARTS) is 1. The molecule has 1 aromatic heterocycles. The van der Waals surface area contributed by atoms with Crippen LogP contribution in [0.15, 0.2) is 41.2 Å². The van der Waals surface area contributed by atoms with Crippen LogP contribution in [0.5, 0.6) is 5.75 Å². The van der Waals surface area contributed by atoms with Crippen LogP contribution in [0, 0.1) is 0 Å². The fraction of sp³-hybridized carbons (Fsp3) is 0.360. The zero-order valence-electron chi connectivity index (χ0n) is 18.6. The van der Waals surface area contributed by atoms with E-state index in [0.29, 0.717) is 21.9 Å².